The Bertz CT molecular complexity index is 312. The normalized spacial score (nSPS) is 15.0. The molecule has 0 bridgehead atoms. The average Bonchev–Trinajstić information content (AvgIpc) is 2.67. The maximum absolute atomic E-state index is 10.3. The van der Waals surface area contributed by atoms with E-state index >= 15 is 0 Å². The zero-order valence-electron chi connectivity index (χ0n) is 10.4. The molecule has 1 N–H and O–H groups in total. The number of hydrogen-bond acceptors (Lipinski definition) is 3. The molecule has 4 heteroatoms. The summed E-state index contributed by atoms with van der Waals surface area (Å²) in [5.41, 5.74) is -0.800. The van der Waals surface area contributed by atoms with Crippen LogP contribution in [0.3, 0.4) is 0 Å². The Morgan fingerprint density at radius 3 is 2.81 bits per heavy atom. The Kier molecular flexibility index (Phi) is 4.96. The van der Waals surface area contributed by atoms with Crippen molar-refractivity contribution in [3.8, 4) is 0 Å². The highest BCUT2D eigenvalue weighted by Crippen LogP contribution is 2.17. The summed E-state index contributed by atoms with van der Waals surface area (Å²) in [6, 6.07) is 0. The second kappa shape index (κ2) is 6.01. The molecule has 0 spiro atoms. The van der Waals surface area contributed by atoms with E-state index in [1.54, 1.807) is 13.3 Å². The Morgan fingerprint density at radius 2 is 2.25 bits per heavy atom. The SMILES string of the molecule is CCCn1ccnc1CC(O)(CC)COC. The predicted octanol–water partition coefficient (Wildman–Crippen LogP) is 1.62. The zero-order chi connectivity index (χ0) is 12.0. The molecule has 0 aromatic carbocycles. The van der Waals surface area contributed by atoms with Gasteiger partial charge < -0.3 is 14.4 Å². The summed E-state index contributed by atoms with van der Waals surface area (Å²) in [6.07, 6.45) is 6.03. The van der Waals surface area contributed by atoms with Crippen molar-refractivity contribution in [1.29, 1.82) is 0 Å². The van der Waals surface area contributed by atoms with Gasteiger partial charge in [0.15, 0.2) is 0 Å². The summed E-state index contributed by atoms with van der Waals surface area (Å²) < 4.78 is 7.15. The first-order valence-electron chi connectivity index (χ1n) is 5.86. The molecule has 0 aliphatic heterocycles. The fourth-order valence-electron chi connectivity index (χ4n) is 1.79. The molecule has 0 aliphatic carbocycles. The molecule has 1 rings (SSSR count). The van der Waals surface area contributed by atoms with Crippen molar-refractivity contribution in [3.05, 3.63) is 18.2 Å². The first-order valence-corrected chi connectivity index (χ1v) is 5.86. The Labute approximate surface area is 97.3 Å². The maximum Gasteiger partial charge on any atom is 0.111 e. The number of aliphatic hydroxyl groups is 1. The molecule has 1 aromatic rings. The first kappa shape index (κ1) is 13.2. The van der Waals surface area contributed by atoms with Gasteiger partial charge in [-0.1, -0.05) is 13.8 Å². The molecule has 1 aromatic heterocycles. The van der Waals surface area contributed by atoms with Crippen molar-refractivity contribution < 1.29 is 9.84 Å². The van der Waals surface area contributed by atoms with Gasteiger partial charge in [0.2, 0.25) is 0 Å². The average molecular weight is 226 g/mol. The van der Waals surface area contributed by atoms with Gasteiger partial charge in [-0.3, -0.25) is 0 Å². The van der Waals surface area contributed by atoms with Gasteiger partial charge in [-0.05, 0) is 12.8 Å². The van der Waals surface area contributed by atoms with Crippen LogP contribution in [0.5, 0.6) is 0 Å². The number of aryl methyl sites for hydroxylation is 1. The van der Waals surface area contributed by atoms with E-state index < -0.39 is 5.60 Å². The van der Waals surface area contributed by atoms with Gasteiger partial charge in [-0.25, -0.2) is 4.98 Å². The van der Waals surface area contributed by atoms with Gasteiger partial charge in [0.1, 0.15) is 5.82 Å². The van der Waals surface area contributed by atoms with Crippen LogP contribution in [-0.2, 0) is 17.7 Å². The number of hydrogen-bond donors (Lipinski definition) is 1. The highest BCUT2D eigenvalue weighted by atomic mass is 16.5. The minimum atomic E-state index is -0.800. The van der Waals surface area contributed by atoms with Crippen LogP contribution >= 0.6 is 0 Å². The molecule has 1 heterocycles. The van der Waals surface area contributed by atoms with Crippen LogP contribution in [0.4, 0.5) is 0 Å². The molecular weight excluding hydrogens is 204 g/mol. The summed E-state index contributed by atoms with van der Waals surface area (Å²) in [5.74, 6) is 0.934. The lowest BCUT2D eigenvalue weighted by molar-refractivity contribution is -0.0351. The standard InChI is InChI=1S/C12H22N2O2/c1-4-7-14-8-6-13-11(14)9-12(15,5-2)10-16-3/h6,8,15H,4-5,7,9-10H2,1-3H3. The van der Waals surface area contributed by atoms with Gasteiger partial charge >= 0.3 is 0 Å². The van der Waals surface area contributed by atoms with Gasteiger partial charge in [0.05, 0.1) is 12.2 Å². The molecule has 0 fully saturated rings. The van der Waals surface area contributed by atoms with Gasteiger partial charge in [-0.15, -0.1) is 0 Å². The third kappa shape index (κ3) is 3.32. The summed E-state index contributed by atoms with van der Waals surface area (Å²) >= 11 is 0. The van der Waals surface area contributed by atoms with Crippen LogP contribution in [0.25, 0.3) is 0 Å². The molecule has 0 saturated heterocycles. The number of imidazole rings is 1. The molecule has 92 valence electrons. The van der Waals surface area contributed by atoms with Crippen molar-refractivity contribution in [2.24, 2.45) is 0 Å². The molecule has 0 amide bonds. The number of aromatic nitrogens is 2. The molecular formula is C12H22N2O2. The second-order valence-electron chi connectivity index (χ2n) is 4.22. The largest absolute Gasteiger partial charge is 0.387 e. The Morgan fingerprint density at radius 1 is 1.50 bits per heavy atom. The van der Waals surface area contributed by atoms with Crippen LogP contribution < -0.4 is 0 Å². The van der Waals surface area contributed by atoms with Gasteiger partial charge in [0.25, 0.3) is 0 Å². The van der Waals surface area contributed by atoms with E-state index in [1.807, 2.05) is 13.1 Å². The highest BCUT2D eigenvalue weighted by Gasteiger charge is 2.27. The van der Waals surface area contributed by atoms with Crippen LogP contribution in [-0.4, -0.2) is 34.0 Å². The Balaban J connectivity index is 2.73. The van der Waals surface area contributed by atoms with E-state index in [9.17, 15) is 5.11 Å². The lowest BCUT2D eigenvalue weighted by Gasteiger charge is -2.25. The fraction of sp³-hybridized carbons (Fsp3) is 0.750. The highest BCUT2D eigenvalue weighted by molar-refractivity contribution is 4.98. The lowest BCUT2D eigenvalue weighted by Crippen LogP contribution is -2.37. The van der Waals surface area contributed by atoms with Crippen LogP contribution in [0.2, 0.25) is 0 Å². The molecule has 1 unspecified atom stereocenters. The van der Waals surface area contributed by atoms with Crippen molar-refractivity contribution in [3.63, 3.8) is 0 Å². The topological polar surface area (TPSA) is 47.3 Å². The van der Waals surface area contributed by atoms with Gasteiger partial charge in [0, 0.05) is 32.5 Å². The third-order valence-electron chi connectivity index (χ3n) is 2.82. The fourth-order valence-corrected chi connectivity index (χ4v) is 1.79. The number of rotatable bonds is 7. The van der Waals surface area contributed by atoms with Gasteiger partial charge in [-0.2, -0.15) is 0 Å². The molecule has 4 nitrogen and oxygen atoms in total. The third-order valence-corrected chi connectivity index (χ3v) is 2.82. The second-order valence-corrected chi connectivity index (χ2v) is 4.22. The first-order chi connectivity index (χ1) is 7.65. The minimum Gasteiger partial charge on any atom is -0.387 e. The number of nitrogens with zero attached hydrogens (tertiary/aromatic N) is 2. The van der Waals surface area contributed by atoms with Crippen LogP contribution in [0.15, 0.2) is 12.4 Å². The summed E-state index contributed by atoms with van der Waals surface area (Å²) in [6.45, 7) is 5.39. The molecule has 16 heavy (non-hydrogen) atoms. The molecule has 0 aliphatic rings. The predicted molar refractivity (Wildman–Crippen MR) is 63.3 cm³/mol. The van der Waals surface area contributed by atoms with E-state index in [-0.39, 0.29) is 0 Å². The van der Waals surface area contributed by atoms with Crippen LogP contribution in [0.1, 0.15) is 32.5 Å². The zero-order valence-corrected chi connectivity index (χ0v) is 10.4. The quantitative estimate of drug-likeness (QED) is 0.768. The van der Waals surface area contributed by atoms with Crippen molar-refractivity contribution >= 4 is 0 Å². The molecule has 1 atom stereocenters. The summed E-state index contributed by atoms with van der Waals surface area (Å²) in [7, 11) is 1.61. The van der Waals surface area contributed by atoms with E-state index in [0.29, 0.717) is 19.4 Å². The number of ether oxygens (including phenoxy) is 1. The Hall–Kier alpha value is -0.870. The van der Waals surface area contributed by atoms with Crippen molar-refractivity contribution in [2.45, 2.75) is 45.3 Å². The van der Waals surface area contributed by atoms with Crippen LogP contribution in [0, 0.1) is 0 Å². The lowest BCUT2D eigenvalue weighted by atomic mass is 9.97. The maximum atomic E-state index is 10.3. The number of methoxy groups -OCH3 is 1. The monoisotopic (exact) mass is 226 g/mol. The molecule has 0 saturated carbocycles. The van der Waals surface area contributed by atoms with Crippen molar-refractivity contribution in [1.82, 2.24) is 9.55 Å². The van der Waals surface area contributed by atoms with E-state index in [2.05, 4.69) is 16.5 Å². The smallest absolute Gasteiger partial charge is 0.111 e. The molecule has 0 radical (unpaired) electrons. The van der Waals surface area contributed by atoms with Crippen molar-refractivity contribution in [2.75, 3.05) is 13.7 Å². The van der Waals surface area contributed by atoms with E-state index in [1.165, 1.54) is 0 Å². The summed E-state index contributed by atoms with van der Waals surface area (Å²) in [4.78, 5) is 4.30. The summed E-state index contributed by atoms with van der Waals surface area (Å²) in [5, 5.41) is 10.3. The van der Waals surface area contributed by atoms with E-state index in [0.717, 1.165) is 18.8 Å². The minimum absolute atomic E-state index is 0.350. The van der Waals surface area contributed by atoms with E-state index in [4.69, 9.17) is 4.74 Å².